The molecule has 0 radical (unpaired) electrons. The van der Waals surface area contributed by atoms with Gasteiger partial charge < -0.3 is 9.47 Å². The quantitative estimate of drug-likeness (QED) is 0.637. The first kappa shape index (κ1) is 21.1. The monoisotopic (exact) mass is 412 g/mol. The van der Waals surface area contributed by atoms with Crippen molar-refractivity contribution in [2.45, 2.75) is 72.3 Å². The lowest BCUT2D eigenvalue weighted by Gasteiger charge is -2.50. The van der Waals surface area contributed by atoms with Crippen molar-refractivity contribution in [3.8, 4) is 0 Å². The molecule has 0 unspecified atom stereocenters. The summed E-state index contributed by atoms with van der Waals surface area (Å²) >= 11 is 0. The molecule has 0 heterocycles. The predicted molar refractivity (Wildman–Crippen MR) is 112 cm³/mol. The van der Waals surface area contributed by atoms with Crippen molar-refractivity contribution in [1.29, 1.82) is 0 Å². The number of hydrogen-bond donors (Lipinski definition) is 0. The predicted octanol–water partition coefficient (Wildman–Crippen LogP) is 4.47. The molecular weight excluding hydrogens is 380 g/mol. The number of ketones is 1. The fraction of sp³-hybridized carbons (Fsp3) is 0.640. The third kappa shape index (κ3) is 3.36. The fourth-order valence-corrected chi connectivity index (χ4v) is 6.48. The second kappa shape index (κ2) is 7.51. The van der Waals surface area contributed by atoms with Crippen LogP contribution in [0.15, 0.2) is 34.9 Å². The van der Waals surface area contributed by atoms with Crippen LogP contribution in [0, 0.1) is 22.7 Å². The molecule has 2 saturated carbocycles. The Kier molecular flexibility index (Phi) is 5.27. The molecule has 5 heteroatoms. The molecule has 0 aromatic rings. The van der Waals surface area contributed by atoms with E-state index in [2.05, 4.69) is 32.1 Å². The van der Waals surface area contributed by atoms with Crippen molar-refractivity contribution in [3.63, 3.8) is 0 Å². The summed E-state index contributed by atoms with van der Waals surface area (Å²) < 4.78 is 10.5. The van der Waals surface area contributed by atoms with Crippen molar-refractivity contribution in [2.24, 2.45) is 22.7 Å². The molecular formula is C25H32O5. The minimum Gasteiger partial charge on any atom is -0.462 e. The average molecular weight is 413 g/mol. The molecule has 0 aromatic carbocycles. The minimum atomic E-state index is -0.404. The van der Waals surface area contributed by atoms with E-state index in [0.717, 1.165) is 38.5 Å². The van der Waals surface area contributed by atoms with Crippen LogP contribution in [-0.2, 0) is 23.9 Å². The largest absolute Gasteiger partial charge is 0.462 e. The second-order valence-corrected chi connectivity index (χ2v) is 9.88. The molecule has 30 heavy (non-hydrogen) atoms. The van der Waals surface area contributed by atoms with Gasteiger partial charge in [0.1, 0.15) is 12.7 Å². The van der Waals surface area contributed by atoms with E-state index in [0.29, 0.717) is 5.92 Å². The molecule has 0 N–H and O–H groups in total. The third-order valence-corrected chi connectivity index (χ3v) is 8.09. The highest BCUT2D eigenvalue weighted by Gasteiger charge is 2.55. The van der Waals surface area contributed by atoms with Gasteiger partial charge in [0, 0.05) is 31.6 Å². The van der Waals surface area contributed by atoms with Gasteiger partial charge in [-0.05, 0) is 54.6 Å². The van der Waals surface area contributed by atoms with Gasteiger partial charge in [-0.2, -0.15) is 0 Å². The molecule has 0 aliphatic heterocycles. The van der Waals surface area contributed by atoms with Gasteiger partial charge in [-0.15, -0.1) is 0 Å². The Morgan fingerprint density at radius 2 is 1.83 bits per heavy atom. The highest BCUT2D eigenvalue weighted by Crippen LogP contribution is 2.62. The number of esters is 2. The third-order valence-electron chi connectivity index (χ3n) is 8.09. The number of fused-ring (bicyclic) bond motifs is 5. The Morgan fingerprint density at radius 3 is 2.53 bits per heavy atom. The van der Waals surface area contributed by atoms with Crippen molar-refractivity contribution in [3.05, 3.63) is 34.9 Å². The van der Waals surface area contributed by atoms with E-state index >= 15 is 0 Å². The van der Waals surface area contributed by atoms with Crippen LogP contribution >= 0.6 is 0 Å². The van der Waals surface area contributed by atoms with Crippen LogP contribution in [-0.4, -0.2) is 30.4 Å². The van der Waals surface area contributed by atoms with E-state index in [9.17, 15) is 14.4 Å². The van der Waals surface area contributed by atoms with Gasteiger partial charge in [-0.25, -0.2) is 0 Å². The van der Waals surface area contributed by atoms with Crippen LogP contribution in [0.25, 0.3) is 0 Å². The number of allylic oxidation sites excluding steroid dienone is 5. The highest BCUT2D eigenvalue weighted by atomic mass is 16.5. The normalized spacial score (nSPS) is 36.9. The first-order valence-electron chi connectivity index (χ1n) is 11.1. The number of hydrogen-bond acceptors (Lipinski definition) is 5. The maximum Gasteiger partial charge on any atom is 0.303 e. The van der Waals surface area contributed by atoms with E-state index < -0.39 is 5.97 Å². The number of rotatable bonds is 4. The van der Waals surface area contributed by atoms with Crippen LogP contribution in [0.4, 0.5) is 0 Å². The van der Waals surface area contributed by atoms with Crippen LogP contribution in [0.3, 0.4) is 0 Å². The zero-order chi connectivity index (χ0) is 21.7. The molecule has 0 saturated heterocycles. The minimum absolute atomic E-state index is 0.0120. The van der Waals surface area contributed by atoms with Gasteiger partial charge in [0.05, 0.1) is 0 Å². The van der Waals surface area contributed by atoms with Crippen molar-refractivity contribution in [2.75, 3.05) is 6.61 Å². The van der Waals surface area contributed by atoms with Crippen molar-refractivity contribution < 1.29 is 23.9 Å². The summed E-state index contributed by atoms with van der Waals surface area (Å²) in [5.41, 5.74) is 4.00. The molecule has 4 aliphatic rings. The Labute approximate surface area is 178 Å². The van der Waals surface area contributed by atoms with E-state index in [-0.39, 0.29) is 41.2 Å². The maximum atomic E-state index is 12.8. The van der Waals surface area contributed by atoms with Crippen LogP contribution in [0.5, 0.6) is 0 Å². The van der Waals surface area contributed by atoms with Gasteiger partial charge in [0.2, 0.25) is 0 Å². The molecule has 0 bridgehead atoms. The highest BCUT2D eigenvalue weighted by molar-refractivity contribution is 5.85. The Hall–Kier alpha value is -2.17. The van der Waals surface area contributed by atoms with Crippen LogP contribution in [0.1, 0.15) is 66.2 Å². The summed E-state index contributed by atoms with van der Waals surface area (Å²) in [6, 6.07) is 0. The molecule has 0 amide bonds. The molecule has 4 rings (SSSR count). The molecule has 5 atom stereocenters. The van der Waals surface area contributed by atoms with Crippen LogP contribution < -0.4 is 0 Å². The van der Waals surface area contributed by atoms with Crippen molar-refractivity contribution in [1.82, 2.24) is 0 Å². The van der Waals surface area contributed by atoms with E-state index in [4.69, 9.17) is 9.47 Å². The fourth-order valence-electron chi connectivity index (χ4n) is 6.48. The topological polar surface area (TPSA) is 69.7 Å². The number of carbonyl (C=O) groups is 3. The van der Waals surface area contributed by atoms with E-state index in [1.165, 1.54) is 30.6 Å². The number of Topliss-reactive ketones (excluding diaryl/α,β-unsaturated/α-hetero) is 1. The van der Waals surface area contributed by atoms with Gasteiger partial charge in [0.15, 0.2) is 5.78 Å². The first-order valence-corrected chi connectivity index (χ1v) is 11.1. The first-order chi connectivity index (χ1) is 14.1. The van der Waals surface area contributed by atoms with Gasteiger partial charge in [0.25, 0.3) is 0 Å². The summed E-state index contributed by atoms with van der Waals surface area (Å²) in [6.07, 6.45) is 12.2. The second-order valence-electron chi connectivity index (χ2n) is 9.88. The number of ether oxygens (including phenoxy) is 2. The van der Waals surface area contributed by atoms with Gasteiger partial charge in [-0.1, -0.05) is 37.6 Å². The molecule has 4 aliphatic carbocycles. The Morgan fingerprint density at radius 1 is 1.07 bits per heavy atom. The lowest BCUT2D eigenvalue weighted by atomic mass is 9.55. The molecule has 5 nitrogen and oxygen atoms in total. The molecule has 0 aromatic heterocycles. The SMILES string of the molecule is CC(=O)OCC(=O)[C@@H]1CC[C@@H]2C3=CC=C4C[C@H](OC(C)=O)CC[C@]4(C)C3=CC[C@@]21C. The average Bonchev–Trinajstić information content (AvgIpc) is 3.03. The molecule has 0 spiro atoms. The smallest absolute Gasteiger partial charge is 0.303 e. The van der Waals surface area contributed by atoms with E-state index in [1.54, 1.807) is 0 Å². The van der Waals surface area contributed by atoms with Crippen molar-refractivity contribution >= 4 is 17.7 Å². The Bertz CT molecular complexity index is 878. The standard InChI is InChI=1S/C25H32O5/c1-15(26)29-14-23(28)22-8-7-20-19-6-5-17-13-18(30-16(2)27)9-11-24(17,3)21(19)10-12-25(20,22)4/h5-6,10,18,20,22H,7-9,11-14H2,1-4H3/t18-,20-,22+,24+,25+/m1/s1. The summed E-state index contributed by atoms with van der Waals surface area (Å²) in [7, 11) is 0. The summed E-state index contributed by atoms with van der Waals surface area (Å²) in [6.45, 7) is 7.26. The van der Waals surface area contributed by atoms with Gasteiger partial charge in [-0.3, -0.25) is 14.4 Å². The summed E-state index contributed by atoms with van der Waals surface area (Å²) in [5.74, 6) is -0.283. The number of carbonyl (C=O) groups excluding carboxylic acids is 3. The summed E-state index contributed by atoms with van der Waals surface area (Å²) in [4.78, 5) is 35.3. The zero-order valence-corrected chi connectivity index (χ0v) is 18.5. The lowest BCUT2D eigenvalue weighted by Crippen LogP contribution is -2.42. The Balaban J connectivity index is 1.59. The van der Waals surface area contributed by atoms with Crippen LogP contribution in [0.2, 0.25) is 0 Å². The van der Waals surface area contributed by atoms with Gasteiger partial charge >= 0.3 is 11.9 Å². The lowest BCUT2D eigenvalue weighted by molar-refractivity contribution is -0.148. The maximum absolute atomic E-state index is 12.8. The molecule has 2 fully saturated rings. The zero-order valence-electron chi connectivity index (χ0n) is 18.5. The van der Waals surface area contributed by atoms with E-state index in [1.807, 2.05) is 0 Å². The summed E-state index contributed by atoms with van der Waals surface area (Å²) in [5, 5.41) is 0. The molecule has 162 valence electrons.